The lowest BCUT2D eigenvalue weighted by Gasteiger charge is -2.25. The van der Waals surface area contributed by atoms with Gasteiger partial charge in [0.05, 0.1) is 18.7 Å². The van der Waals surface area contributed by atoms with E-state index < -0.39 is 0 Å². The van der Waals surface area contributed by atoms with Crippen molar-refractivity contribution in [3.8, 4) is 6.07 Å². The highest BCUT2D eigenvalue weighted by molar-refractivity contribution is 6.15. The van der Waals surface area contributed by atoms with Gasteiger partial charge in [0.2, 0.25) is 17.8 Å². The maximum Gasteiger partial charge on any atom is 0.254 e. The van der Waals surface area contributed by atoms with E-state index in [9.17, 15) is 9.59 Å². The van der Waals surface area contributed by atoms with Crippen molar-refractivity contribution in [1.29, 1.82) is 5.26 Å². The van der Waals surface area contributed by atoms with Gasteiger partial charge in [0.15, 0.2) is 5.65 Å². The average molecular weight is 406 g/mol. The van der Waals surface area contributed by atoms with Crippen molar-refractivity contribution in [2.24, 2.45) is 5.92 Å². The number of carbonyl (C=O) groups is 2. The average Bonchev–Trinajstić information content (AvgIpc) is 3.37. The minimum atomic E-state index is -0.377. The van der Waals surface area contributed by atoms with Crippen LogP contribution in [-0.2, 0) is 9.59 Å². The Morgan fingerprint density at radius 1 is 1.10 bits per heavy atom. The lowest BCUT2D eigenvalue weighted by atomic mass is 9.87. The molecule has 3 heterocycles. The standard InChI is InChI=1S/C20H22N8O2/c21-9-11-1-3-14(4-2-11)23-19-26-17-13(7-12-8-16(29)25-18(12)30)10-22-28(17)20(27-19)24-15-5-6-15/h7,10-11,14-15H,1-6,8H2,(H,25,29,30)(H2,23,24,26,27)/b12-7+. The quantitative estimate of drug-likeness (QED) is 0.503. The van der Waals surface area contributed by atoms with Gasteiger partial charge in [0.25, 0.3) is 5.91 Å². The second kappa shape index (κ2) is 7.40. The van der Waals surface area contributed by atoms with Crippen LogP contribution in [0.2, 0.25) is 0 Å². The van der Waals surface area contributed by atoms with Crippen LogP contribution in [0.1, 0.15) is 50.5 Å². The molecule has 5 rings (SSSR count). The number of nitriles is 1. The van der Waals surface area contributed by atoms with Crippen molar-refractivity contribution >= 4 is 35.4 Å². The molecule has 0 unspecified atom stereocenters. The molecular weight excluding hydrogens is 384 g/mol. The number of nitrogens with zero attached hydrogens (tertiary/aromatic N) is 5. The highest BCUT2D eigenvalue weighted by atomic mass is 16.2. The van der Waals surface area contributed by atoms with Crippen molar-refractivity contribution in [2.75, 3.05) is 10.6 Å². The van der Waals surface area contributed by atoms with Crippen molar-refractivity contribution in [3.05, 3.63) is 17.3 Å². The van der Waals surface area contributed by atoms with Gasteiger partial charge in [-0.25, -0.2) is 0 Å². The number of nitrogens with one attached hydrogen (secondary N) is 3. The third-order valence-corrected chi connectivity index (χ3v) is 5.77. The lowest BCUT2D eigenvalue weighted by Crippen LogP contribution is -2.27. The molecule has 3 fully saturated rings. The lowest BCUT2D eigenvalue weighted by molar-refractivity contribution is -0.124. The highest BCUT2D eigenvalue weighted by Gasteiger charge is 2.27. The summed E-state index contributed by atoms with van der Waals surface area (Å²) in [6.45, 7) is 0. The molecule has 0 aromatic carbocycles. The summed E-state index contributed by atoms with van der Waals surface area (Å²) in [6, 6.07) is 2.95. The van der Waals surface area contributed by atoms with Gasteiger partial charge in [-0.2, -0.15) is 24.8 Å². The third kappa shape index (κ3) is 3.70. The minimum absolute atomic E-state index is 0.0572. The fourth-order valence-electron chi connectivity index (χ4n) is 3.92. The summed E-state index contributed by atoms with van der Waals surface area (Å²) in [6.07, 6.45) is 9.08. The first kappa shape index (κ1) is 18.5. The van der Waals surface area contributed by atoms with Gasteiger partial charge in [-0.3, -0.25) is 14.9 Å². The molecule has 30 heavy (non-hydrogen) atoms. The largest absolute Gasteiger partial charge is 0.351 e. The zero-order valence-electron chi connectivity index (χ0n) is 16.4. The molecule has 2 aromatic rings. The number of amides is 2. The van der Waals surface area contributed by atoms with Gasteiger partial charge < -0.3 is 10.6 Å². The molecule has 1 aliphatic heterocycles. The van der Waals surface area contributed by atoms with Crippen LogP contribution in [0.5, 0.6) is 0 Å². The van der Waals surface area contributed by atoms with Crippen LogP contribution >= 0.6 is 0 Å². The zero-order chi connectivity index (χ0) is 20.7. The van der Waals surface area contributed by atoms with E-state index in [0.717, 1.165) is 38.5 Å². The number of rotatable bonds is 5. The van der Waals surface area contributed by atoms with Crippen molar-refractivity contribution in [2.45, 2.75) is 57.0 Å². The second-order valence-corrected chi connectivity index (χ2v) is 8.17. The Bertz CT molecular complexity index is 1090. The number of fused-ring (bicyclic) bond motifs is 1. The Morgan fingerprint density at radius 3 is 2.50 bits per heavy atom. The van der Waals surface area contributed by atoms with Crippen LogP contribution in [-0.4, -0.2) is 43.5 Å². The minimum Gasteiger partial charge on any atom is -0.351 e. The number of imide groups is 1. The van der Waals surface area contributed by atoms with E-state index in [1.807, 2.05) is 0 Å². The Balaban J connectivity index is 1.47. The summed E-state index contributed by atoms with van der Waals surface area (Å²) in [5.74, 6) is 0.554. The van der Waals surface area contributed by atoms with E-state index in [1.54, 1.807) is 16.8 Å². The van der Waals surface area contributed by atoms with Crippen LogP contribution in [0, 0.1) is 17.2 Å². The molecular formula is C20H22N8O2. The first-order valence-electron chi connectivity index (χ1n) is 10.3. The SMILES string of the molecule is N#CC1CCC(Nc2nc(NC3CC3)n3ncc(/C=C4\CC(=O)NC4=O)c3n2)CC1. The van der Waals surface area contributed by atoms with Crippen LogP contribution in [0.4, 0.5) is 11.9 Å². The maximum atomic E-state index is 11.9. The number of hydrogen-bond donors (Lipinski definition) is 3. The predicted octanol–water partition coefficient (Wildman–Crippen LogP) is 1.62. The topological polar surface area (TPSA) is 137 Å². The molecule has 0 spiro atoms. The Kier molecular flexibility index (Phi) is 4.58. The van der Waals surface area contributed by atoms with E-state index >= 15 is 0 Å². The monoisotopic (exact) mass is 406 g/mol. The number of aromatic nitrogens is 4. The molecule has 0 radical (unpaired) electrons. The molecule has 0 atom stereocenters. The molecule has 10 heteroatoms. The van der Waals surface area contributed by atoms with E-state index in [-0.39, 0.29) is 30.2 Å². The number of hydrogen-bond acceptors (Lipinski definition) is 8. The third-order valence-electron chi connectivity index (χ3n) is 5.77. The maximum absolute atomic E-state index is 11.9. The summed E-state index contributed by atoms with van der Waals surface area (Å²) in [4.78, 5) is 32.7. The molecule has 154 valence electrons. The smallest absolute Gasteiger partial charge is 0.254 e. The highest BCUT2D eigenvalue weighted by Crippen LogP contribution is 2.28. The molecule has 3 N–H and O–H groups in total. The van der Waals surface area contributed by atoms with Gasteiger partial charge in [0, 0.05) is 29.1 Å². The van der Waals surface area contributed by atoms with Crippen LogP contribution in [0.15, 0.2) is 11.8 Å². The predicted molar refractivity (Wildman–Crippen MR) is 108 cm³/mol. The summed E-state index contributed by atoms with van der Waals surface area (Å²) < 4.78 is 1.64. The molecule has 0 bridgehead atoms. The van der Waals surface area contributed by atoms with Crippen LogP contribution in [0.25, 0.3) is 11.7 Å². The molecule has 2 amide bonds. The fraction of sp³-hybridized carbons (Fsp3) is 0.500. The van der Waals surface area contributed by atoms with E-state index in [1.165, 1.54) is 0 Å². The van der Waals surface area contributed by atoms with Crippen LogP contribution < -0.4 is 16.0 Å². The molecule has 1 saturated heterocycles. The Morgan fingerprint density at radius 2 is 1.83 bits per heavy atom. The van der Waals surface area contributed by atoms with Gasteiger partial charge in [-0.1, -0.05) is 0 Å². The summed E-state index contributed by atoms with van der Waals surface area (Å²) in [7, 11) is 0. The normalized spacial score (nSPS) is 25.4. The Hall–Kier alpha value is -3.48. The van der Waals surface area contributed by atoms with Gasteiger partial charge in [-0.05, 0) is 44.6 Å². The van der Waals surface area contributed by atoms with Crippen LogP contribution in [0.3, 0.4) is 0 Å². The summed E-state index contributed by atoms with van der Waals surface area (Å²) in [5.41, 5.74) is 1.63. The first-order chi connectivity index (χ1) is 14.6. The fourth-order valence-corrected chi connectivity index (χ4v) is 3.92. The van der Waals surface area contributed by atoms with E-state index in [2.05, 4.69) is 37.1 Å². The molecule has 2 aromatic heterocycles. The van der Waals surface area contributed by atoms with Gasteiger partial charge in [0.1, 0.15) is 0 Å². The number of anilines is 2. The van der Waals surface area contributed by atoms with E-state index in [0.29, 0.717) is 34.7 Å². The van der Waals surface area contributed by atoms with Gasteiger partial charge in [-0.15, -0.1) is 0 Å². The molecule has 2 aliphatic carbocycles. The van der Waals surface area contributed by atoms with Crippen molar-refractivity contribution < 1.29 is 9.59 Å². The Labute approximate surface area is 172 Å². The first-order valence-corrected chi connectivity index (χ1v) is 10.3. The van der Waals surface area contributed by atoms with Crippen molar-refractivity contribution in [3.63, 3.8) is 0 Å². The molecule has 2 saturated carbocycles. The van der Waals surface area contributed by atoms with Gasteiger partial charge >= 0.3 is 0 Å². The summed E-state index contributed by atoms with van der Waals surface area (Å²) in [5, 5.41) is 22.6. The molecule has 10 nitrogen and oxygen atoms in total. The number of carbonyl (C=O) groups excluding carboxylic acids is 2. The second-order valence-electron chi connectivity index (χ2n) is 8.17. The summed E-state index contributed by atoms with van der Waals surface area (Å²) >= 11 is 0. The molecule has 3 aliphatic rings. The zero-order valence-corrected chi connectivity index (χ0v) is 16.4. The van der Waals surface area contributed by atoms with E-state index in [4.69, 9.17) is 5.26 Å². The van der Waals surface area contributed by atoms with Crippen molar-refractivity contribution in [1.82, 2.24) is 24.9 Å².